The van der Waals surface area contributed by atoms with Crippen LogP contribution in [0.3, 0.4) is 0 Å². The third-order valence-corrected chi connectivity index (χ3v) is 8.90. The lowest BCUT2D eigenvalue weighted by Crippen LogP contribution is -2.61. The highest BCUT2D eigenvalue weighted by atomic mass is 16.4. The fourth-order valence-corrected chi connectivity index (χ4v) is 5.76. The van der Waals surface area contributed by atoms with Crippen molar-refractivity contribution in [2.24, 2.45) is 28.1 Å². The number of carbonyl (C=O) groups is 9. The summed E-state index contributed by atoms with van der Waals surface area (Å²) in [6, 6.07) is -11.9. The van der Waals surface area contributed by atoms with Gasteiger partial charge in [0.1, 0.15) is 48.3 Å². The summed E-state index contributed by atoms with van der Waals surface area (Å²) < 4.78 is 0. The number of hydrogen-bond donors (Lipinski definition) is 14. The van der Waals surface area contributed by atoms with E-state index in [9.17, 15) is 63.6 Å². The third kappa shape index (κ3) is 17.4. The number of nitrogens with two attached hydrogens (primary N) is 3. The molecule has 0 aromatic carbocycles. The number of aliphatic carboxylic acids is 2. The van der Waals surface area contributed by atoms with Gasteiger partial charge in [-0.1, -0.05) is 13.8 Å². The van der Waals surface area contributed by atoms with Gasteiger partial charge in [0, 0.05) is 13.1 Å². The van der Waals surface area contributed by atoms with Crippen LogP contribution in [0.15, 0.2) is 4.99 Å². The van der Waals surface area contributed by atoms with Crippen molar-refractivity contribution in [1.29, 1.82) is 0 Å². The normalized spacial score (nSPS) is 17.7. The summed E-state index contributed by atoms with van der Waals surface area (Å²) in [7, 11) is 0. The average molecular weight is 846 g/mol. The largest absolute Gasteiger partial charge is 0.481 e. The Hall–Kier alpha value is -5.66. The minimum Gasteiger partial charge on any atom is -0.481 e. The van der Waals surface area contributed by atoms with Crippen molar-refractivity contribution in [3.8, 4) is 0 Å². The van der Waals surface area contributed by atoms with Crippen molar-refractivity contribution >= 4 is 59.2 Å². The minimum absolute atomic E-state index is 0.0508. The maximum Gasteiger partial charge on any atom is 0.326 e. The Morgan fingerprint density at radius 3 is 1.85 bits per heavy atom. The van der Waals surface area contributed by atoms with Crippen LogP contribution in [0.5, 0.6) is 0 Å². The number of nitrogens with zero attached hydrogens (tertiary/aromatic N) is 2. The topological polar surface area (TPSA) is 421 Å². The molecule has 9 atom stereocenters. The molecule has 0 unspecified atom stereocenters. The van der Waals surface area contributed by atoms with E-state index in [-0.39, 0.29) is 50.7 Å². The Bertz CT molecular complexity index is 1540. The van der Waals surface area contributed by atoms with E-state index < -0.39 is 127 Å². The molecule has 1 saturated heterocycles. The lowest BCUT2D eigenvalue weighted by atomic mass is 10.0. The average Bonchev–Trinajstić information content (AvgIpc) is 3.65. The minimum atomic E-state index is -1.81. The van der Waals surface area contributed by atoms with Crippen LogP contribution in [-0.4, -0.2) is 170 Å². The summed E-state index contributed by atoms with van der Waals surface area (Å²) in [4.78, 5) is 120. The molecule has 25 nitrogen and oxygen atoms in total. The Morgan fingerprint density at radius 1 is 0.746 bits per heavy atom. The first-order valence-corrected chi connectivity index (χ1v) is 18.8. The first-order valence-electron chi connectivity index (χ1n) is 18.8. The molecule has 0 radical (unpaired) electrons. The van der Waals surface area contributed by atoms with Gasteiger partial charge < -0.3 is 79.5 Å². The van der Waals surface area contributed by atoms with E-state index in [1.807, 2.05) is 0 Å². The van der Waals surface area contributed by atoms with Crippen molar-refractivity contribution < 1.29 is 68.7 Å². The van der Waals surface area contributed by atoms with E-state index in [2.05, 4.69) is 36.9 Å². The number of likely N-dealkylation sites (tertiary alicyclic amines) is 1. The van der Waals surface area contributed by atoms with Gasteiger partial charge in [-0.3, -0.25) is 43.3 Å². The fourth-order valence-electron chi connectivity index (χ4n) is 5.76. The van der Waals surface area contributed by atoms with Crippen LogP contribution in [0.1, 0.15) is 66.2 Å². The standard InChI is InChI=1S/C34H59N11O14/c1-15(2)11-20(29(54)44-25(17(4)48)31(56)40-19(33(58)59)7-5-9-38-34(36)37)42-28(53)21(12-24(49)50)41-26(51)16(3)39-30(55)23-8-6-10-45(23)32(57)22(14-47)43-27(52)18(35)13-46/h15-23,25,46-48H,5-14,35H2,1-4H3,(H,39,55)(H,40,56)(H,41,51)(H,42,53)(H,43,52)(H,44,54)(H,49,50)(H,58,59)(H4,36,37,38)/t16-,17+,18-,19-,20-,21-,22-,23-,25-/m0/s1. The molecule has 25 heteroatoms. The van der Waals surface area contributed by atoms with Gasteiger partial charge in [-0.15, -0.1) is 0 Å². The second-order valence-electron chi connectivity index (χ2n) is 14.4. The molecule has 1 aliphatic heterocycles. The molecule has 1 heterocycles. The predicted molar refractivity (Wildman–Crippen MR) is 205 cm³/mol. The van der Waals surface area contributed by atoms with Crippen LogP contribution in [0.25, 0.3) is 0 Å². The number of aliphatic imine (C=N–C) groups is 1. The number of carboxylic acid groups (broad SMARTS) is 2. The highest BCUT2D eigenvalue weighted by Crippen LogP contribution is 2.19. The maximum absolute atomic E-state index is 13.5. The Morgan fingerprint density at radius 2 is 1.32 bits per heavy atom. The van der Waals surface area contributed by atoms with Crippen molar-refractivity contribution in [3.05, 3.63) is 0 Å². The zero-order valence-corrected chi connectivity index (χ0v) is 33.4. The smallest absolute Gasteiger partial charge is 0.326 e. The molecule has 7 amide bonds. The number of aliphatic hydroxyl groups excluding tert-OH is 3. The molecule has 1 fully saturated rings. The number of carbonyl (C=O) groups excluding carboxylic acids is 7. The van der Waals surface area contributed by atoms with Crippen molar-refractivity contribution in [1.82, 2.24) is 36.8 Å². The Balaban J connectivity index is 3.10. The van der Waals surface area contributed by atoms with E-state index in [1.54, 1.807) is 13.8 Å². The third-order valence-electron chi connectivity index (χ3n) is 8.90. The molecule has 1 rings (SSSR count). The summed E-state index contributed by atoms with van der Waals surface area (Å²) in [6.45, 7) is 4.25. The van der Waals surface area contributed by atoms with Crippen molar-refractivity contribution in [2.75, 3.05) is 26.3 Å². The zero-order valence-electron chi connectivity index (χ0n) is 33.4. The first-order chi connectivity index (χ1) is 27.5. The van der Waals surface area contributed by atoms with Gasteiger partial charge in [0.05, 0.1) is 25.7 Å². The summed E-state index contributed by atoms with van der Waals surface area (Å²) in [6.07, 6.45) is -2.12. The predicted octanol–water partition coefficient (Wildman–Crippen LogP) is -6.74. The van der Waals surface area contributed by atoms with Crippen LogP contribution in [-0.2, 0) is 43.2 Å². The van der Waals surface area contributed by atoms with Gasteiger partial charge in [0.25, 0.3) is 0 Å². The van der Waals surface area contributed by atoms with E-state index in [4.69, 9.17) is 22.3 Å². The lowest BCUT2D eigenvalue weighted by molar-refractivity contribution is -0.143. The Labute approximate surface area is 339 Å². The van der Waals surface area contributed by atoms with Crippen molar-refractivity contribution in [3.63, 3.8) is 0 Å². The van der Waals surface area contributed by atoms with E-state index in [0.29, 0.717) is 6.42 Å². The Kier molecular flexibility index (Phi) is 21.7. The SMILES string of the molecule is CC(C)C[C@H](NC(=O)[C@H](CC(=O)O)NC(=O)[C@H](C)NC(=O)[C@@H]1CCCN1C(=O)[C@H](CO)NC(=O)[C@@H](N)CO)C(=O)N[C@H](C(=O)N[C@@H](CCCN=C(N)N)C(=O)O)[C@@H](C)O. The summed E-state index contributed by atoms with van der Waals surface area (Å²) in [5, 5.41) is 62.0. The molecule has 0 aliphatic carbocycles. The van der Waals surface area contributed by atoms with Crippen LogP contribution in [0.4, 0.5) is 0 Å². The maximum atomic E-state index is 13.5. The number of aliphatic hydroxyl groups is 3. The highest BCUT2D eigenvalue weighted by Gasteiger charge is 2.39. The molecule has 0 saturated carbocycles. The monoisotopic (exact) mass is 845 g/mol. The molecule has 334 valence electrons. The number of amides is 7. The summed E-state index contributed by atoms with van der Waals surface area (Å²) in [5.41, 5.74) is 16.0. The molecular weight excluding hydrogens is 786 g/mol. The van der Waals surface area contributed by atoms with Crippen LogP contribution < -0.4 is 49.1 Å². The molecule has 0 aromatic heterocycles. The number of hydrogen-bond acceptors (Lipinski definition) is 14. The molecule has 0 bridgehead atoms. The van der Waals surface area contributed by atoms with Gasteiger partial charge >= 0.3 is 11.9 Å². The van der Waals surface area contributed by atoms with Crippen LogP contribution >= 0.6 is 0 Å². The van der Waals surface area contributed by atoms with E-state index in [0.717, 1.165) is 11.8 Å². The van der Waals surface area contributed by atoms with E-state index in [1.165, 1.54) is 6.92 Å². The molecule has 59 heavy (non-hydrogen) atoms. The molecule has 1 aliphatic rings. The van der Waals surface area contributed by atoms with Gasteiger partial charge in [-0.25, -0.2) is 4.79 Å². The second-order valence-corrected chi connectivity index (χ2v) is 14.4. The first kappa shape index (κ1) is 51.4. The number of guanidine groups is 1. The number of carboxylic acids is 2. The quantitative estimate of drug-likeness (QED) is 0.0231. The second kappa shape index (κ2) is 25.0. The van der Waals surface area contributed by atoms with Crippen molar-refractivity contribution in [2.45, 2.75) is 121 Å². The number of rotatable bonds is 25. The van der Waals surface area contributed by atoms with Gasteiger partial charge in [-0.2, -0.15) is 0 Å². The van der Waals surface area contributed by atoms with Gasteiger partial charge in [0.2, 0.25) is 41.4 Å². The molecular formula is C34H59N11O14. The van der Waals surface area contributed by atoms with Crippen LogP contribution in [0.2, 0.25) is 0 Å². The molecule has 0 spiro atoms. The van der Waals surface area contributed by atoms with Gasteiger partial charge in [0.15, 0.2) is 5.96 Å². The molecule has 0 aromatic rings. The highest BCUT2D eigenvalue weighted by molar-refractivity contribution is 5.98. The summed E-state index contributed by atoms with van der Waals surface area (Å²) >= 11 is 0. The van der Waals surface area contributed by atoms with Gasteiger partial charge in [-0.05, 0) is 51.9 Å². The van der Waals surface area contributed by atoms with Crippen LogP contribution in [0, 0.1) is 5.92 Å². The fraction of sp³-hybridized carbons (Fsp3) is 0.706. The summed E-state index contributed by atoms with van der Waals surface area (Å²) in [5.74, 6) is -10.3. The van der Waals surface area contributed by atoms with E-state index >= 15 is 0 Å². The lowest BCUT2D eigenvalue weighted by Gasteiger charge is -2.29. The number of nitrogens with one attached hydrogen (secondary N) is 6. The zero-order chi connectivity index (χ0) is 45.1. The molecule has 17 N–H and O–H groups in total.